The Balaban J connectivity index is 1.91. The van der Waals surface area contributed by atoms with Crippen molar-refractivity contribution in [3.63, 3.8) is 0 Å². The van der Waals surface area contributed by atoms with Crippen molar-refractivity contribution in [1.82, 2.24) is 0 Å². The van der Waals surface area contributed by atoms with Crippen LogP contribution >= 0.6 is 0 Å². The number of hydrogen-bond acceptors (Lipinski definition) is 3. The minimum atomic E-state index is -3.55. The lowest BCUT2D eigenvalue weighted by molar-refractivity contribution is -0.118. The largest absolute Gasteiger partial charge is 0.370 e. The third-order valence-corrected chi connectivity index (χ3v) is 6.36. The van der Waals surface area contributed by atoms with Gasteiger partial charge in [0, 0.05) is 6.42 Å². The monoisotopic (exact) mass is 371 g/mol. The molecule has 0 aliphatic heterocycles. The minimum absolute atomic E-state index is 0.00262. The first-order chi connectivity index (χ1) is 12.4. The molecule has 0 radical (unpaired) electrons. The second-order valence-electron chi connectivity index (χ2n) is 6.40. The number of hydrogen-bond donors (Lipinski definition) is 2. The van der Waals surface area contributed by atoms with Crippen molar-refractivity contribution in [3.8, 4) is 0 Å². The third-order valence-electron chi connectivity index (χ3n) is 4.59. The van der Waals surface area contributed by atoms with Gasteiger partial charge < -0.3 is 11.5 Å². The van der Waals surface area contributed by atoms with E-state index in [-0.39, 0.29) is 34.0 Å². The number of nitrogens with two attached hydrogens (primary N) is 2. The highest BCUT2D eigenvalue weighted by atomic mass is 32.2. The van der Waals surface area contributed by atoms with Crippen LogP contribution in [0.4, 0.5) is 0 Å². The van der Waals surface area contributed by atoms with Crippen LogP contribution in [0.15, 0.2) is 63.3 Å². The van der Waals surface area contributed by atoms with E-state index >= 15 is 0 Å². The molecule has 136 valence electrons. The van der Waals surface area contributed by atoms with Gasteiger partial charge in [-0.2, -0.15) is 4.99 Å². The number of sulfone groups is 1. The van der Waals surface area contributed by atoms with Gasteiger partial charge in [-0.05, 0) is 60.6 Å². The number of amides is 1. The predicted octanol–water partition coefficient (Wildman–Crippen LogP) is 2.13. The molecule has 0 spiro atoms. The molecule has 0 bridgehead atoms. The SMILES string of the molecule is NC(N)=NC(=O)CC1CCCc2cc(S(=O)(=O)c3ccccc3)ccc21. The zero-order valence-corrected chi connectivity index (χ0v) is 15.1. The highest BCUT2D eigenvalue weighted by Gasteiger charge is 2.25. The fourth-order valence-corrected chi connectivity index (χ4v) is 4.74. The van der Waals surface area contributed by atoms with Gasteiger partial charge in [-0.15, -0.1) is 0 Å². The molecule has 4 N–H and O–H groups in total. The average Bonchev–Trinajstić information content (AvgIpc) is 2.61. The fraction of sp³-hybridized carbons (Fsp3) is 0.263. The highest BCUT2D eigenvalue weighted by Crippen LogP contribution is 2.36. The first-order valence-corrected chi connectivity index (χ1v) is 9.91. The maximum Gasteiger partial charge on any atom is 0.249 e. The number of carbonyl (C=O) groups excluding carboxylic acids is 1. The Morgan fingerprint density at radius 2 is 1.81 bits per heavy atom. The van der Waals surface area contributed by atoms with Crippen LogP contribution in [0.25, 0.3) is 0 Å². The Hall–Kier alpha value is -2.67. The summed E-state index contributed by atoms with van der Waals surface area (Å²) in [5.41, 5.74) is 12.5. The van der Waals surface area contributed by atoms with Gasteiger partial charge in [-0.3, -0.25) is 4.79 Å². The topological polar surface area (TPSA) is 116 Å². The molecule has 1 amide bonds. The van der Waals surface area contributed by atoms with E-state index in [1.165, 1.54) is 0 Å². The van der Waals surface area contributed by atoms with Gasteiger partial charge in [0.15, 0.2) is 5.96 Å². The zero-order valence-electron chi connectivity index (χ0n) is 14.3. The van der Waals surface area contributed by atoms with E-state index in [4.69, 9.17) is 11.5 Å². The summed E-state index contributed by atoms with van der Waals surface area (Å²) in [6.07, 6.45) is 2.75. The quantitative estimate of drug-likeness (QED) is 0.631. The Bertz CT molecular complexity index is 949. The Morgan fingerprint density at radius 3 is 2.50 bits per heavy atom. The third kappa shape index (κ3) is 3.77. The van der Waals surface area contributed by atoms with Crippen LogP contribution < -0.4 is 11.5 Å². The lowest BCUT2D eigenvalue weighted by Crippen LogP contribution is -2.25. The van der Waals surface area contributed by atoms with Gasteiger partial charge in [-0.1, -0.05) is 24.3 Å². The molecule has 1 aliphatic rings. The number of rotatable bonds is 4. The summed E-state index contributed by atoms with van der Waals surface area (Å²) in [5, 5.41) is 0. The van der Waals surface area contributed by atoms with Gasteiger partial charge >= 0.3 is 0 Å². The molecule has 0 saturated carbocycles. The molecular formula is C19H21N3O3S. The van der Waals surface area contributed by atoms with Crippen LogP contribution in [0.3, 0.4) is 0 Å². The molecule has 1 atom stereocenters. The highest BCUT2D eigenvalue weighted by molar-refractivity contribution is 7.91. The van der Waals surface area contributed by atoms with E-state index in [1.54, 1.807) is 42.5 Å². The summed E-state index contributed by atoms with van der Waals surface area (Å²) in [6, 6.07) is 13.5. The van der Waals surface area contributed by atoms with Crippen molar-refractivity contribution in [2.45, 2.75) is 41.4 Å². The normalized spacial score (nSPS) is 16.5. The Morgan fingerprint density at radius 1 is 1.08 bits per heavy atom. The Kier molecular flexibility index (Phi) is 5.08. The number of carbonyl (C=O) groups is 1. The van der Waals surface area contributed by atoms with Crippen LogP contribution in [-0.4, -0.2) is 20.3 Å². The summed E-state index contributed by atoms with van der Waals surface area (Å²) in [5.74, 6) is -0.595. The lowest BCUT2D eigenvalue weighted by atomic mass is 9.81. The van der Waals surface area contributed by atoms with Crippen LogP contribution in [-0.2, 0) is 21.1 Å². The van der Waals surface area contributed by atoms with Gasteiger partial charge in [0.1, 0.15) is 0 Å². The molecular weight excluding hydrogens is 350 g/mol. The van der Waals surface area contributed by atoms with Crippen molar-refractivity contribution < 1.29 is 13.2 Å². The first-order valence-electron chi connectivity index (χ1n) is 8.43. The Labute approximate surface area is 152 Å². The molecule has 7 heteroatoms. The molecule has 0 saturated heterocycles. The molecule has 0 fully saturated rings. The average molecular weight is 371 g/mol. The predicted molar refractivity (Wildman–Crippen MR) is 99.4 cm³/mol. The molecule has 26 heavy (non-hydrogen) atoms. The summed E-state index contributed by atoms with van der Waals surface area (Å²) in [4.78, 5) is 16.0. The van der Waals surface area contributed by atoms with Crippen LogP contribution in [0.1, 0.15) is 36.3 Å². The van der Waals surface area contributed by atoms with Crippen molar-refractivity contribution in [2.75, 3.05) is 0 Å². The second kappa shape index (κ2) is 7.29. The van der Waals surface area contributed by atoms with Crippen molar-refractivity contribution in [1.29, 1.82) is 0 Å². The minimum Gasteiger partial charge on any atom is -0.370 e. The number of fused-ring (bicyclic) bond motifs is 1. The first kappa shape index (κ1) is 18.1. The van der Waals surface area contributed by atoms with Crippen molar-refractivity contribution in [3.05, 3.63) is 59.7 Å². The van der Waals surface area contributed by atoms with Crippen LogP contribution in [0.5, 0.6) is 0 Å². The summed E-state index contributed by atoms with van der Waals surface area (Å²) >= 11 is 0. The van der Waals surface area contributed by atoms with Gasteiger partial charge in [-0.25, -0.2) is 8.42 Å². The molecule has 2 aromatic carbocycles. The standard InChI is InChI=1S/C19H21N3O3S/c20-19(21)22-18(23)12-14-6-4-5-13-11-16(9-10-17(13)14)26(24,25)15-7-2-1-3-8-15/h1-3,7-11,14H,4-6,12H2,(H4,20,21,22,23). The van der Waals surface area contributed by atoms with E-state index in [9.17, 15) is 13.2 Å². The smallest absolute Gasteiger partial charge is 0.249 e. The number of nitrogens with zero attached hydrogens (tertiary/aromatic N) is 1. The van der Waals surface area contributed by atoms with E-state index in [0.717, 1.165) is 30.4 Å². The van der Waals surface area contributed by atoms with E-state index in [2.05, 4.69) is 4.99 Å². The maximum absolute atomic E-state index is 12.8. The van der Waals surface area contributed by atoms with E-state index < -0.39 is 9.84 Å². The molecule has 3 rings (SSSR count). The van der Waals surface area contributed by atoms with Crippen LogP contribution in [0, 0.1) is 0 Å². The molecule has 2 aromatic rings. The van der Waals surface area contributed by atoms with Crippen LogP contribution in [0.2, 0.25) is 0 Å². The maximum atomic E-state index is 12.8. The summed E-state index contributed by atoms with van der Waals surface area (Å²) in [6.45, 7) is 0. The van der Waals surface area contributed by atoms with E-state index in [1.807, 2.05) is 6.07 Å². The molecule has 1 unspecified atom stereocenters. The van der Waals surface area contributed by atoms with Gasteiger partial charge in [0.25, 0.3) is 0 Å². The number of guanidine groups is 1. The number of aryl methyl sites for hydroxylation is 1. The molecule has 0 heterocycles. The van der Waals surface area contributed by atoms with E-state index in [0.29, 0.717) is 0 Å². The van der Waals surface area contributed by atoms with Gasteiger partial charge in [0.2, 0.25) is 15.7 Å². The molecule has 0 aromatic heterocycles. The lowest BCUT2D eigenvalue weighted by Gasteiger charge is -2.25. The number of benzene rings is 2. The molecule has 1 aliphatic carbocycles. The van der Waals surface area contributed by atoms with Crippen molar-refractivity contribution >= 4 is 21.7 Å². The number of aliphatic imine (C=N–C) groups is 1. The zero-order chi connectivity index (χ0) is 18.7. The molecule has 6 nitrogen and oxygen atoms in total. The van der Waals surface area contributed by atoms with Crippen molar-refractivity contribution in [2.24, 2.45) is 16.5 Å². The van der Waals surface area contributed by atoms with Gasteiger partial charge in [0.05, 0.1) is 9.79 Å². The fourth-order valence-electron chi connectivity index (χ4n) is 3.41. The summed E-state index contributed by atoms with van der Waals surface area (Å²) < 4.78 is 25.6. The summed E-state index contributed by atoms with van der Waals surface area (Å²) in [7, 11) is -3.55. The second-order valence-corrected chi connectivity index (χ2v) is 8.35.